The van der Waals surface area contributed by atoms with Crippen LogP contribution >= 0.6 is 11.3 Å². The van der Waals surface area contributed by atoms with Gasteiger partial charge in [0.05, 0.1) is 12.0 Å². The van der Waals surface area contributed by atoms with Crippen molar-refractivity contribution in [3.05, 3.63) is 82.6 Å². The number of rotatable bonds is 6. The Morgan fingerprint density at radius 3 is 2.44 bits per heavy atom. The lowest BCUT2D eigenvalue weighted by atomic mass is 10.1. The molecule has 1 amide bonds. The molecule has 4 nitrogen and oxygen atoms in total. The van der Waals surface area contributed by atoms with Crippen molar-refractivity contribution in [3.8, 4) is 5.75 Å². The number of thiophene rings is 1. The number of esters is 1. The zero-order chi connectivity index (χ0) is 17.5. The molecule has 0 unspecified atom stereocenters. The van der Waals surface area contributed by atoms with Crippen molar-refractivity contribution in [3.63, 3.8) is 0 Å². The lowest BCUT2D eigenvalue weighted by Gasteiger charge is -2.10. The molecule has 0 saturated heterocycles. The van der Waals surface area contributed by atoms with E-state index < -0.39 is 0 Å². The van der Waals surface area contributed by atoms with E-state index in [0.29, 0.717) is 17.7 Å². The third kappa shape index (κ3) is 4.78. The van der Waals surface area contributed by atoms with E-state index in [9.17, 15) is 9.59 Å². The number of anilines is 1. The summed E-state index contributed by atoms with van der Waals surface area (Å²) in [5, 5.41) is 4.77. The van der Waals surface area contributed by atoms with Crippen molar-refractivity contribution in [2.24, 2.45) is 0 Å². The van der Waals surface area contributed by atoms with Gasteiger partial charge in [-0.15, -0.1) is 11.3 Å². The second-order valence-electron chi connectivity index (χ2n) is 5.37. The normalized spacial score (nSPS) is 10.2. The molecule has 1 N–H and O–H groups in total. The van der Waals surface area contributed by atoms with E-state index in [0.717, 1.165) is 4.88 Å². The van der Waals surface area contributed by atoms with Gasteiger partial charge in [0, 0.05) is 10.6 Å². The van der Waals surface area contributed by atoms with E-state index in [-0.39, 0.29) is 24.0 Å². The summed E-state index contributed by atoms with van der Waals surface area (Å²) in [6.07, 6.45) is 0.907. The van der Waals surface area contributed by atoms with Crippen LogP contribution in [0.25, 0.3) is 0 Å². The van der Waals surface area contributed by atoms with Crippen LogP contribution in [0.2, 0.25) is 0 Å². The number of nitrogens with one attached hydrogen (secondary N) is 1. The highest BCUT2D eigenvalue weighted by Crippen LogP contribution is 2.21. The van der Waals surface area contributed by atoms with Gasteiger partial charge in [0.25, 0.3) is 5.91 Å². The fourth-order valence-electron chi connectivity index (χ4n) is 2.32. The van der Waals surface area contributed by atoms with Gasteiger partial charge in [-0.3, -0.25) is 9.59 Å². The highest BCUT2D eigenvalue weighted by atomic mass is 32.1. The second-order valence-corrected chi connectivity index (χ2v) is 6.40. The van der Waals surface area contributed by atoms with Gasteiger partial charge in [-0.1, -0.05) is 36.4 Å². The first-order chi connectivity index (χ1) is 12.2. The average Bonchev–Trinajstić information content (AvgIpc) is 3.15. The summed E-state index contributed by atoms with van der Waals surface area (Å²) < 4.78 is 5.41. The Balaban J connectivity index is 1.65. The molecule has 1 aromatic heterocycles. The molecule has 2 aromatic carbocycles. The standard InChI is InChI=1S/C20H17NO3S/c22-19(13-12-16-9-6-14-25-16)24-18-11-5-4-10-17(18)20(23)21-15-7-2-1-3-8-15/h1-11,14H,12-13H2,(H,21,23). The first-order valence-corrected chi connectivity index (χ1v) is 8.79. The summed E-state index contributed by atoms with van der Waals surface area (Å²) >= 11 is 1.61. The zero-order valence-corrected chi connectivity index (χ0v) is 14.3. The summed E-state index contributed by atoms with van der Waals surface area (Å²) in [5.74, 6) is -0.395. The van der Waals surface area contributed by atoms with Crippen LogP contribution < -0.4 is 10.1 Å². The molecule has 3 aromatic rings. The van der Waals surface area contributed by atoms with Gasteiger partial charge >= 0.3 is 5.97 Å². The summed E-state index contributed by atoms with van der Waals surface area (Å²) in [5.41, 5.74) is 1.02. The molecule has 0 saturated carbocycles. The number of carbonyl (C=O) groups excluding carboxylic acids is 2. The van der Waals surface area contributed by atoms with Gasteiger partial charge < -0.3 is 10.1 Å². The lowest BCUT2D eigenvalue weighted by molar-refractivity contribution is -0.134. The van der Waals surface area contributed by atoms with E-state index in [1.54, 1.807) is 47.7 Å². The number of aryl methyl sites for hydroxylation is 1. The molecule has 0 bridgehead atoms. The van der Waals surface area contributed by atoms with Gasteiger partial charge in [0.2, 0.25) is 0 Å². The molecule has 126 valence electrons. The third-order valence-electron chi connectivity index (χ3n) is 3.54. The minimum absolute atomic E-state index is 0.270. The Kier molecular flexibility index (Phi) is 5.59. The molecule has 0 radical (unpaired) electrons. The van der Waals surface area contributed by atoms with Gasteiger partial charge in [0.15, 0.2) is 0 Å². The van der Waals surface area contributed by atoms with Crippen LogP contribution in [0.15, 0.2) is 72.1 Å². The van der Waals surface area contributed by atoms with Gasteiger partial charge in [-0.25, -0.2) is 0 Å². The summed E-state index contributed by atoms with van der Waals surface area (Å²) in [7, 11) is 0. The first kappa shape index (κ1) is 16.9. The number of benzene rings is 2. The zero-order valence-electron chi connectivity index (χ0n) is 13.5. The van der Waals surface area contributed by atoms with Crippen molar-refractivity contribution >= 4 is 28.9 Å². The van der Waals surface area contributed by atoms with E-state index in [2.05, 4.69) is 5.32 Å². The lowest BCUT2D eigenvalue weighted by Crippen LogP contribution is -2.16. The maximum Gasteiger partial charge on any atom is 0.311 e. The van der Waals surface area contributed by atoms with E-state index in [1.807, 2.05) is 35.7 Å². The van der Waals surface area contributed by atoms with E-state index in [1.165, 1.54) is 0 Å². The molecular formula is C20H17NO3S. The van der Waals surface area contributed by atoms with Crippen LogP contribution in [-0.2, 0) is 11.2 Å². The van der Waals surface area contributed by atoms with Gasteiger partial charge in [-0.05, 0) is 42.1 Å². The van der Waals surface area contributed by atoms with Gasteiger partial charge in [0.1, 0.15) is 5.75 Å². The van der Waals surface area contributed by atoms with Crippen LogP contribution in [-0.4, -0.2) is 11.9 Å². The molecule has 0 spiro atoms. The van der Waals surface area contributed by atoms with Crippen molar-refractivity contribution in [2.45, 2.75) is 12.8 Å². The number of carbonyl (C=O) groups is 2. The minimum atomic E-state index is -0.353. The Hall–Kier alpha value is -2.92. The Bertz CT molecular complexity index is 844. The molecule has 1 heterocycles. The maximum atomic E-state index is 12.5. The number of hydrogen-bond donors (Lipinski definition) is 1. The number of ether oxygens (including phenoxy) is 1. The van der Waals surface area contributed by atoms with Crippen molar-refractivity contribution < 1.29 is 14.3 Å². The molecule has 25 heavy (non-hydrogen) atoms. The van der Waals surface area contributed by atoms with E-state index in [4.69, 9.17) is 4.74 Å². The van der Waals surface area contributed by atoms with Crippen LogP contribution in [0.1, 0.15) is 21.7 Å². The Labute approximate surface area is 150 Å². The highest BCUT2D eigenvalue weighted by Gasteiger charge is 2.15. The highest BCUT2D eigenvalue weighted by molar-refractivity contribution is 7.09. The van der Waals surface area contributed by atoms with Crippen LogP contribution in [0.3, 0.4) is 0 Å². The van der Waals surface area contributed by atoms with Crippen LogP contribution in [0.5, 0.6) is 5.75 Å². The topological polar surface area (TPSA) is 55.4 Å². The maximum absolute atomic E-state index is 12.5. The molecule has 5 heteroatoms. The molecule has 0 fully saturated rings. The van der Waals surface area contributed by atoms with Gasteiger partial charge in [-0.2, -0.15) is 0 Å². The summed E-state index contributed by atoms with van der Waals surface area (Å²) in [4.78, 5) is 25.7. The fourth-order valence-corrected chi connectivity index (χ4v) is 3.03. The fraction of sp³-hybridized carbons (Fsp3) is 0.100. The molecule has 0 aliphatic carbocycles. The van der Waals surface area contributed by atoms with Crippen molar-refractivity contribution in [2.75, 3.05) is 5.32 Å². The number of amides is 1. The van der Waals surface area contributed by atoms with Crippen molar-refractivity contribution in [1.82, 2.24) is 0 Å². The Morgan fingerprint density at radius 2 is 1.68 bits per heavy atom. The molecule has 0 aliphatic rings. The quantitative estimate of drug-likeness (QED) is 0.524. The molecule has 0 atom stereocenters. The molecule has 3 rings (SSSR count). The average molecular weight is 351 g/mol. The largest absolute Gasteiger partial charge is 0.426 e. The number of para-hydroxylation sites is 2. The van der Waals surface area contributed by atoms with E-state index >= 15 is 0 Å². The van der Waals surface area contributed by atoms with Crippen LogP contribution in [0.4, 0.5) is 5.69 Å². The van der Waals surface area contributed by atoms with Crippen molar-refractivity contribution in [1.29, 1.82) is 0 Å². The number of hydrogen-bond acceptors (Lipinski definition) is 4. The summed E-state index contributed by atoms with van der Waals surface area (Å²) in [6, 6.07) is 19.8. The Morgan fingerprint density at radius 1 is 0.920 bits per heavy atom. The summed E-state index contributed by atoms with van der Waals surface area (Å²) in [6.45, 7) is 0. The smallest absolute Gasteiger partial charge is 0.311 e. The molecular weight excluding hydrogens is 334 g/mol. The predicted octanol–water partition coefficient (Wildman–Crippen LogP) is 4.54. The minimum Gasteiger partial charge on any atom is -0.426 e. The monoisotopic (exact) mass is 351 g/mol. The SMILES string of the molecule is O=C(CCc1cccs1)Oc1ccccc1C(=O)Nc1ccccc1. The third-order valence-corrected chi connectivity index (χ3v) is 4.48. The second kappa shape index (κ2) is 8.26. The van der Waals surface area contributed by atoms with Crippen LogP contribution in [0, 0.1) is 0 Å². The predicted molar refractivity (Wildman–Crippen MR) is 99.1 cm³/mol. The molecule has 0 aliphatic heterocycles. The first-order valence-electron chi connectivity index (χ1n) is 7.91.